The fourth-order valence-corrected chi connectivity index (χ4v) is 8.07. The summed E-state index contributed by atoms with van der Waals surface area (Å²) in [4.78, 5) is 25.5. The summed E-state index contributed by atoms with van der Waals surface area (Å²) in [7, 11) is -7.88. The van der Waals surface area contributed by atoms with E-state index in [-0.39, 0.29) is 48.0 Å². The minimum atomic E-state index is -4.01. The average Bonchev–Trinajstić information content (AvgIpc) is 3.25. The predicted octanol–water partition coefficient (Wildman–Crippen LogP) is 3.96. The molecule has 38 heavy (non-hydrogen) atoms. The Kier molecular flexibility index (Phi) is 6.50. The molecule has 2 aromatic heterocycles. The maximum atomic E-state index is 15.1. The SMILES string of the molecule is CC1=NS(=O)(=O)c2cc3c(=O)n(-c4ccc(CC(=O)CS(=O)(=O)c5ccc(Cl)s5)cc4F)ccc3cc2N1. The lowest BCUT2D eigenvalue weighted by molar-refractivity contribution is -0.116. The van der Waals surface area contributed by atoms with E-state index in [1.807, 2.05) is 0 Å². The normalized spacial score (nSPS) is 14.6. The number of nitrogens with zero attached hydrogens (tertiary/aromatic N) is 2. The summed E-state index contributed by atoms with van der Waals surface area (Å²) in [6.07, 6.45) is 1.02. The van der Waals surface area contributed by atoms with Crippen molar-refractivity contribution >= 4 is 70.9 Å². The molecule has 0 bridgehead atoms. The molecular formula is C24H17ClFN3O6S3. The molecule has 0 fully saturated rings. The van der Waals surface area contributed by atoms with Crippen molar-refractivity contribution in [1.29, 1.82) is 0 Å². The van der Waals surface area contributed by atoms with Crippen LogP contribution < -0.4 is 10.9 Å². The number of benzene rings is 2. The van der Waals surface area contributed by atoms with Crippen LogP contribution in [-0.4, -0.2) is 38.8 Å². The largest absolute Gasteiger partial charge is 0.342 e. The summed E-state index contributed by atoms with van der Waals surface area (Å²) in [6, 6.07) is 10.8. The maximum absolute atomic E-state index is 15.1. The number of hydrogen-bond donors (Lipinski definition) is 1. The number of hydrogen-bond acceptors (Lipinski definition) is 8. The predicted molar refractivity (Wildman–Crippen MR) is 144 cm³/mol. The fraction of sp³-hybridized carbons (Fsp3) is 0.125. The highest BCUT2D eigenvalue weighted by Gasteiger charge is 2.25. The number of aromatic nitrogens is 1. The van der Waals surface area contributed by atoms with Crippen LogP contribution in [0.15, 0.2) is 73.0 Å². The maximum Gasteiger partial charge on any atom is 0.286 e. The number of sulfone groups is 1. The van der Waals surface area contributed by atoms with E-state index < -0.39 is 42.8 Å². The second-order valence-corrected chi connectivity index (χ2v) is 14.0. The summed E-state index contributed by atoms with van der Waals surface area (Å²) in [6.45, 7) is 1.50. The number of sulfonamides is 1. The fourth-order valence-electron chi connectivity index (χ4n) is 4.10. The summed E-state index contributed by atoms with van der Waals surface area (Å²) in [5.41, 5.74) is -0.271. The molecule has 196 valence electrons. The third-order valence-electron chi connectivity index (χ3n) is 5.73. The number of rotatable bonds is 6. The van der Waals surface area contributed by atoms with E-state index in [1.54, 1.807) is 6.07 Å². The van der Waals surface area contributed by atoms with Gasteiger partial charge in [-0.05, 0) is 60.3 Å². The first-order valence-electron chi connectivity index (χ1n) is 10.9. The van der Waals surface area contributed by atoms with Gasteiger partial charge in [-0.15, -0.1) is 15.7 Å². The Morgan fingerprint density at radius 1 is 1.16 bits per heavy atom. The van der Waals surface area contributed by atoms with Crippen molar-refractivity contribution in [2.45, 2.75) is 22.4 Å². The lowest BCUT2D eigenvalue weighted by atomic mass is 10.1. The number of Topliss-reactive ketones (excluding diaryl/α,β-unsaturated/α-hetero) is 1. The molecule has 0 atom stereocenters. The number of amidine groups is 1. The number of carbonyl (C=O) groups is 1. The molecule has 0 amide bonds. The first kappa shape index (κ1) is 26.2. The van der Waals surface area contributed by atoms with Crippen molar-refractivity contribution in [3.63, 3.8) is 0 Å². The van der Waals surface area contributed by atoms with Crippen LogP contribution in [0.3, 0.4) is 0 Å². The number of nitrogens with one attached hydrogen (secondary N) is 1. The Bertz CT molecular complexity index is 1960. The van der Waals surface area contributed by atoms with E-state index in [0.29, 0.717) is 5.39 Å². The second kappa shape index (κ2) is 9.42. The van der Waals surface area contributed by atoms with Gasteiger partial charge in [0.2, 0.25) is 0 Å². The number of carbonyl (C=O) groups excluding carboxylic acids is 1. The van der Waals surface area contributed by atoms with Gasteiger partial charge < -0.3 is 5.32 Å². The van der Waals surface area contributed by atoms with Crippen molar-refractivity contribution in [2.75, 3.05) is 11.1 Å². The van der Waals surface area contributed by atoms with Gasteiger partial charge in [-0.25, -0.2) is 12.8 Å². The third kappa shape index (κ3) is 4.89. The van der Waals surface area contributed by atoms with Crippen LogP contribution in [0.1, 0.15) is 12.5 Å². The van der Waals surface area contributed by atoms with Crippen molar-refractivity contribution in [3.8, 4) is 5.69 Å². The lowest BCUT2D eigenvalue weighted by Gasteiger charge is -2.17. The zero-order valence-corrected chi connectivity index (χ0v) is 22.6. The van der Waals surface area contributed by atoms with Gasteiger partial charge in [0.15, 0.2) is 15.6 Å². The Balaban J connectivity index is 1.44. The molecule has 1 aliphatic rings. The van der Waals surface area contributed by atoms with Gasteiger partial charge >= 0.3 is 0 Å². The summed E-state index contributed by atoms with van der Waals surface area (Å²) in [5.74, 6) is -2.03. The molecule has 0 radical (unpaired) electrons. The molecule has 5 rings (SSSR count). The topological polar surface area (TPSA) is 132 Å². The van der Waals surface area contributed by atoms with Crippen molar-refractivity contribution in [1.82, 2.24) is 4.57 Å². The molecule has 4 aromatic rings. The zero-order valence-electron chi connectivity index (χ0n) is 19.4. The first-order chi connectivity index (χ1) is 17.8. The average molecular weight is 594 g/mol. The number of halogens is 2. The van der Waals surface area contributed by atoms with E-state index in [2.05, 4.69) is 9.71 Å². The Labute approximate surface area is 225 Å². The summed E-state index contributed by atoms with van der Waals surface area (Å²) >= 11 is 6.62. The third-order valence-corrected chi connectivity index (χ3v) is 10.6. The van der Waals surface area contributed by atoms with Crippen LogP contribution in [0.5, 0.6) is 0 Å². The zero-order chi connectivity index (χ0) is 27.4. The van der Waals surface area contributed by atoms with Crippen LogP contribution in [-0.2, 0) is 31.1 Å². The number of pyridine rings is 1. The Morgan fingerprint density at radius 3 is 2.61 bits per heavy atom. The smallest absolute Gasteiger partial charge is 0.286 e. The van der Waals surface area contributed by atoms with Gasteiger partial charge in [-0.3, -0.25) is 14.2 Å². The van der Waals surface area contributed by atoms with Crippen molar-refractivity contribution in [2.24, 2.45) is 4.40 Å². The highest BCUT2D eigenvalue weighted by atomic mass is 35.5. The minimum absolute atomic E-state index is 0.0279. The number of ketones is 1. The minimum Gasteiger partial charge on any atom is -0.342 e. The molecule has 0 saturated carbocycles. The monoisotopic (exact) mass is 593 g/mol. The van der Waals surface area contributed by atoms with Crippen LogP contribution in [0.2, 0.25) is 4.34 Å². The van der Waals surface area contributed by atoms with Gasteiger partial charge in [0.05, 0.1) is 15.7 Å². The first-order valence-corrected chi connectivity index (χ1v) is 15.2. The lowest BCUT2D eigenvalue weighted by Crippen LogP contribution is -2.22. The van der Waals surface area contributed by atoms with E-state index in [4.69, 9.17) is 11.6 Å². The molecule has 9 nitrogen and oxygen atoms in total. The van der Waals surface area contributed by atoms with Gasteiger partial charge in [-0.2, -0.15) is 8.42 Å². The molecule has 0 saturated heterocycles. The molecule has 0 spiro atoms. The van der Waals surface area contributed by atoms with Gasteiger partial charge in [0, 0.05) is 18.0 Å². The quantitative estimate of drug-likeness (QED) is 0.358. The molecule has 14 heteroatoms. The highest BCUT2D eigenvalue weighted by molar-refractivity contribution is 7.94. The summed E-state index contributed by atoms with van der Waals surface area (Å²) in [5, 5.41) is 3.35. The van der Waals surface area contributed by atoms with Crippen molar-refractivity contribution in [3.05, 3.63) is 80.8 Å². The highest BCUT2D eigenvalue weighted by Crippen LogP contribution is 2.31. The summed E-state index contributed by atoms with van der Waals surface area (Å²) < 4.78 is 69.7. The standard InChI is InChI=1S/C24H17ClFN3O6S3/c1-13-27-19-10-15-6-7-29(24(31)17(15)11-21(19)38(34,35)28-13)20-3-2-14(9-18(20)26)8-16(30)12-37(32,33)23-5-4-22(25)36-23/h2-7,9-11H,8,12H2,1H3,(H,27,28). The van der Waals surface area contributed by atoms with Crippen LogP contribution in [0, 0.1) is 5.82 Å². The number of fused-ring (bicyclic) bond motifs is 2. The van der Waals surface area contributed by atoms with E-state index >= 15 is 4.39 Å². The van der Waals surface area contributed by atoms with E-state index in [1.165, 1.54) is 49.5 Å². The van der Waals surface area contributed by atoms with Crippen LogP contribution in [0.4, 0.5) is 10.1 Å². The molecule has 1 aliphatic heterocycles. The number of thiophene rings is 1. The van der Waals surface area contributed by atoms with Gasteiger partial charge in [0.1, 0.15) is 26.5 Å². The molecule has 1 N–H and O–H groups in total. The molecule has 3 heterocycles. The van der Waals surface area contributed by atoms with Gasteiger partial charge in [-0.1, -0.05) is 17.7 Å². The molecule has 0 aliphatic carbocycles. The molecule has 2 aromatic carbocycles. The second-order valence-electron chi connectivity index (χ2n) is 8.52. The number of anilines is 1. The van der Waals surface area contributed by atoms with Crippen LogP contribution >= 0.6 is 22.9 Å². The molecular weight excluding hydrogens is 577 g/mol. The molecule has 0 unspecified atom stereocenters. The van der Waals surface area contributed by atoms with Gasteiger partial charge in [0.25, 0.3) is 15.6 Å². The van der Waals surface area contributed by atoms with Crippen LogP contribution in [0.25, 0.3) is 16.5 Å². The van der Waals surface area contributed by atoms with E-state index in [0.717, 1.165) is 22.0 Å². The Hall–Kier alpha value is -3.39. The van der Waals surface area contributed by atoms with Crippen molar-refractivity contribution < 1.29 is 26.0 Å². The van der Waals surface area contributed by atoms with E-state index in [9.17, 15) is 26.4 Å². The Morgan fingerprint density at radius 2 is 1.92 bits per heavy atom.